The summed E-state index contributed by atoms with van der Waals surface area (Å²) in [7, 11) is 0. The average molecular weight is 476 g/mol. The summed E-state index contributed by atoms with van der Waals surface area (Å²) in [5, 5.41) is 14.6. The van der Waals surface area contributed by atoms with E-state index >= 15 is 0 Å². The monoisotopic (exact) mass is 475 g/mol. The quantitative estimate of drug-likeness (QED) is 0.289. The molecule has 1 fully saturated rings. The molecule has 0 radical (unpaired) electrons. The number of amides is 1. The molecule has 2 N–H and O–H groups in total. The van der Waals surface area contributed by atoms with E-state index in [2.05, 4.69) is 9.88 Å². The maximum absolute atomic E-state index is 13.3. The van der Waals surface area contributed by atoms with Gasteiger partial charge in [0.25, 0.3) is 5.91 Å². The lowest BCUT2D eigenvalue weighted by Crippen LogP contribution is -2.12. The zero-order valence-electron chi connectivity index (χ0n) is 19.6. The highest BCUT2D eigenvalue weighted by Gasteiger charge is 2.24. The Labute approximate surface area is 208 Å². The van der Waals surface area contributed by atoms with Crippen molar-refractivity contribution in [1.29, 1.82) is 0 Å². The molecule has 0 aliphatic heterocycles. The van der Waals surface area contributed by atoms with E-state index in [9.17, 15) is 14.7 Å². The highest BCUT2D eigenvalue weighted by Crippen LogP contribution is 2.37. The van der Waals surface area contributed by atoms with Gasteiger partial charge in [-0.2, -0.15) is 0 Å². The summed E-state index contributed by atoms with van der Waals surface area (Å²) in [4.78, 5) is 29.7. The molecule has 0 saturated heterocycles. The number of carboxylic acid groups (broad SMARTS) is 1. The Bertz CT molecular complexity index is 1620. The molecule has 0 bridgehead atoms. The lowest BCUT2D eigenvalue weighted by molar-refractivity contribution is 0.0696. The lowest BCUT2D eigenvalue weighted by Gasteiger charge is -2.17. The number of imidazole rings is 1. The van der Waals surface area contributed by atoms with Crippen LogP contribution in [-0.4, -0.2) is 26.5 Å². The van der Waals surface area contributed by atoms with Crippen LogP contribution in [-0.2, 0) is 0 Å². The molecule has 1 aromatic heterocycles. The summed E-state index contributed by atoms with van der Waals surface area (Å²) >= 11 is 0. The summed E-state index contributed by atoms with van der Waals surface area (Å²) in [5.74, 6) is -0.398. The van der Waals surface area contributed by atoms with Crippen LogP contribution in [0.4, 0.5) is 5.69 Å². The normalized spacial score (nSPS) is 13.9. The largest absolute Gasteiger partial charge is 0.478 e. The Balaban J connectivity index is 1.40. The Morgan fingerprint density at radius 1 is 0.861 bits per heavy atom. The molecule has 5 aromatic rings. The van der Waals surface area contributed by atoms with Gasteiger partial charge in [-0.1, -0.05) is 61.4 Å². The Kier molecular flexibility index (Phi) is 5.49. The standard InChI is InChI=1S/C30H25N3O3/c34-29(32-25-14-6-8-19-7-1-4-13-24(19)25)21-10-5-9-20(17-21)28-31-26-18-22(30(35)36)15-16-27(26)33(28)23-11-2-3-12-23/h1,4-10,13-18,23H,2-3,11-12H2,(H,32,34)(H,35,36). The lowest BCUT2D eigenvalue weighted by atomic mass is 10.1. The second-order valence-corrected chi connectivity index (χ2v) is 9.31. The van der Waals surface area contributed by atoms with Gasteiger partial charge in [-0.3, -0.25) is 4.79 Å². The molecule has 6 rings (SSSR count). The van der Waals surface area contributed by atoms with E-state index in [4.69, 9.17) is 4.98 Å². The van der Waals surface area contributed by atoms with Crippen molar-refractivity contribution in [3.63, 3.8) is 0 Å². The van der Waals surface area contributed by atoms with Crippen LogP contribution in [0.3, 0.4) is 0 Å². The topological polar surface area (TPSA) is 84.2 Å². The molecule has 1 saturated carbocycles. The molecule has 4 aromatic carbocycles. The first-order chi connectivity index (χ1) is 17.6. The summed E-state index contributed by atoms with van der Waals surface area (Å²) in [6.07, 6.45) is 4.43. The van der Waals surface area contributed by atoms with Crippen LogP contribution < -0.4 is 5.32 Å². The van der Waals surface area contributed by atoms with Gasteiger partial charge in [-0.15, -0.1) is 0 Å². The van der Waals surface area contributed by atoms with E-state index in [1.165, 1.54) is 0 Å². The van der Waals surface area contributed by atoms with Gasteiger partial charge >= 0.3 is 5.97 Å². The van der Waals surface area contributed by atoms with Crippen molar-refractivity contribution >= 4 is 39.4 Å². The predicted molar refractivity (Wildman–Crippen MR) is 142 cm³/mol. The number of hydrogen-bond donors (Lipinski definition) is 2. The number of carbonyl (C=O) groups is 2. The maximum Gasteiger partial charge on any atom is 0.335 e. The molecular formula is C30H25N3O3. The van der Waals surface area contributed by atoms with Crippen molar-refractivity contribution in [3.05, 3.63) is 96.1 Å². The molecule has 6 heteroatoms. The van der Waals surface area contributed by atoms with Gasteiger partial charge in [0.15, 0.2) is 0 Å². The SMILES string of the molecule is O=C(O)c1ccc2c(c1)nc(-c1cccc(C(=O)Nc3cccc4ccccc34)c1)n2C1CCCC1. The molecular weight excluding hydrogens is 450 g/mol. The first-order valence-corrected chi connectivity index (χ1v) is 12.2. The minimum absolute atomic E-state index is 0.190. The highest BCUT2D eigenvalue weighted by molar-refractivity contribution is 6.09. The van der Waals surface area contributed by atoms with Crippen molar-refractivity contribution in [3.8, 4) is 11.4 Å². The van der Waals surface area contributed by atoms with Crippen LogP contribution in [0.5, 0.6) is 0 Å². The Hall–Kier alpha value is -4.45. The number of carbonyl (C=O) groups excluding carboxylic acids is 1. The number of aromatic nitrogens is 2. The van der Waals surface area contributed by atoms with Crippen molar-refractivity contribution in [2.45, 2.75) is 31.7 Å². The molecule has 0 unspecified atom stereocenters. The number of anilines is 1. The van der Waals surface area contributed by atoms with E-state index in [1.807, 2.05) is 66.7 Å². The molecule has 6 nitrogen and oxygen atoms in total. The summed E-state index contributed by atoms with van der Waals surface area (Å²) in [6, 6.07) is 26.7. The Morgan fingerprint density at radius 3 is 2.47 bits per heavy atom. The van der Waals surface area contributed by atoms with E-state index in [-0.39, 0.29) is 11.5 Å². The van der Waals surface area contributed by atoms with E-state index in [0.29, 0.717) is 17.1 Å². The number of hydrogen-bond acceptors (Lipinski definition) is 3. The molecule has 178 valence electrons. The summed E-state index contributed by atoms with van der Waals surface area (Å²) in [6.45, 7) is 0. The van der Waals surface area contributed by atoms with Crippen LogP contribution >= 0.6 is 0 Å². The number of rotatable bonds is 5. The second-order valence-electron chi connectivity index (χ2n) is 9.31. The minimum Gasteiger partial charge on any atom is -0.478 e. The average Bonchev–Trinajstić information content (AvgIpc) is 3.56. The summed E-state index contributed by atoms with van der Waals surface area (Å²) < 4.78 is 2.23. The fraction of sp³-hybridized carbons (Fsp3) is 0.167. The third kappa shape index (κ3) is 3.90. The maximum atomic E-state index is 13.3. The summed E-state index contributed by atoms with van der Waals surface area (Å²) in [5.41, 5.74) is 3.93. The van der Waals surface area contributed by atoms with Gasteiger partial charge < -0.3 is 15.0 Å². The van der Waals surface area contributed by atoms with Gasteiger partial charge in [-0.25, -0.2) is 9.78 Å². The molecule has 1 aliphatic carbocycles. The number of nitrogens with one attached hydrogen (secondary N) is 1. The number of aromatic carboxylic acids is 1. The van der Waals surface area contributed by atoms with Crippen molar-refractivity contribution < 1.29 is 14.7 Å². The molecule has 0 spiro atoms. The smallest absolute Gasteiger partial charge is 0.335 e. The molecule has 1 amide bonds. The van der Waals surface area contributed by atoms with Gasteiger partial charge in [0.05, 0.1) is 16.6 Å². The first kappa shape index (κ1) is 22.0. The van der Waals surface area contributed by atoms with Crippen LogP contribution in [0, 0.1) is 0 Å². The zero-order chi connectivity index (χ0) is 24.6. The van der Waals surface area contributed by atoms with Crippen molar-refractivity contribution in [2.24, 2.45) is 0 Å². The van der Waals surface area contributed by atoms with E-state index in [1.54, 1.807) is 18.2 Å². The van der Waals surface area contributed by atoms with Crippen molar-refractivity contribution in [1.82, 2.24) is 9.55 Å². The van der Waals surface area contributed by atoms with Crippen LogP contribution in [0.25, 0.3) is 33.2 Å². The number of benzene rings is 4. The van der Waals surface area contributed by atoms with E-state index < -0.39 is 5.97 Å². The van der Waals surface area contributed by atoms with Crippen molar-refractivity contribution in [2.75, 3.05) is 5.32 Å². The predicted octanol–water partition coefficient (Wildman–Crippen LogP) is 6.92. The fourth-order valence-corrected chi connectivity index (χ4v) is 5.30. The fourth-order valence-electron chi connectivity index (χ4n) is 5.30. The van der Waals surface area contributed by atoms with Crippen LogP contribution in [0.1, 0.15) is 52.4 Å². The van der Waals surface area contributed by atoms with Crippen LogP contribution in [0.15, 0.2) is 84.9 Å². The van der Waals surface area contributed by atoms with Gasteiger partial charge in [0, 0.05) is 28.2 Å². The number of carboxylic acids is 1. The highest BCUT2D eigenvalue weighted by atomic mass is 16.4. The molecule has 1 heterocycles. The number of fused-ring (bicyclic) bond motifs is 2. The molecule has 0 atom stereocenters. The first-order valence-electron chi connectivity index (χ1n) is 12.2. The Morgan fingerprint density at radius 2 is 1.64 bits per heavy atom. The van der Waals surface area contributed by atoms with Gasteiger partial charge in [0.1, 0.15) is 5.82 Å². The zero-order valence-corrected chi connectivity index (χ0v) is 19.6. The molecule has 36 heavy (non-hydrogen) atoms. The minimum atomic E-state index is -0.971. The molecule has 1 aliphatic rings. The van der Waals surface area contributed by atoms with Crippen LogP contribution in [0.2, 0.25) is 0 Å². The van der Waals surface area contributed by atoms with Gasteiger partial charge in [0.2, 0.25) is 0 Å². The van der Waals surface area contributed by atoms with Gasteiger partial charge in [-0.05, 0) is 54.6 Å². The number of nitrogens with zero attached hydrogens (tertiary/aromatic N) is 2. The van der Waals surface area contributed by atoms with E-state index in [0.717, 1.165) is 59.0 Å². The third-order valence-corrected chi connectivity index (χ3v) is 7.05. The third-order valence-electron chi connectivity index (χ3n) is 7.05. The second kappa shape index (κ2) is 8.96.